The third-order valence-corrected chi connectivity index (χ3v) is 5.58. The Labute approximate surface area is 152 Å². The van der Waals surface area contributed by atoms with E-state index in [1.54, 1.807) is 0 Å². The van der Waals surface area contributed by atoms with Crippen molar-refractivity contribution >= 4 is 5.97 Å². The molecule has 1 saturated carbocycles. The van der Waals surface area contributed by atoms with E-state index in [0.717, 1.165) is 38.7 Å². The topological polar surface area (TPSA) is 66.8 Å². The monoisotopic (exact) mass is 350 g/mol. The number of carboxylic acid groups (broad SMARTS) is 1. The fourth-order valence-corrected chi connectivity index (χ4v) is 4.15. The number of aliphatic hydroxyl groups is 1. The molecule has 0 spiro atoms. The van der Waals surface area contributed by atoms with E-state index in [2.05, 4.69) is 25.2 Å². The summed E-state index contributed by atoms with van der Waals surface area (Å²) in [4.78, 5) is 10.5. The van der Waals surface area contributed by atoms with Gasteiger partial charge in [-0.1, -0.05) is 50.5 Å². The van der Waals surface area contributed by atoms with Crippen LogP contribution in [0.1, 0.15) is 64.7 Å². The van der Waals surface area contributed by atoms with Crippen molar-refractivity contribution in [2.24, 2.45) is 17.8 Å². The summed E-state index contributed by atoms with van der Waals surface area (Å²) in [5, 5.41) is 18.8. The number of carbonyl (C=O) groups is 1. The number of hydrogen-bond donors (Lipinski definition) is 2. The van der Waals surface area contributed by atoms with Gasteiger partial charge in [0.1, 0.15) is 0 Å². The van der Waals surface area contributed by atoms with Crippen molar-refractivity contribution in [1.29, 1.82) is 0 Å². The molecular weight excluding hydrogens is 316 g/mol. The SMILES string of the molecule is CCCCC[C@H](O)/C=C/C1C2CC(CO2)C1C/C=C\CCCC(=O)O. The van der Waals surface area contributed by atoms with E-state index in [1.807, 2.05) is 6.08 Å². The lowest BCUT2D eigenvalue weighted by Gasteiger charge is -2.28. The van der Waals surface area contributed by atoms with Crippen molar-refractivity contribution in [3.63, 3.8) is 0 Å². The first-order valence-corrected chi connectivity index (χ1v) is 9.96. The molecule has 4 nitrogen and oxygen atoms in total. The number of carboxylic acids is 1. The van der Waals surface area contributed by atoms with Gasteiger partial charge in [0.25, 0.3) is 0 Å². The van der Waals surface area contributed by atoms with Crippen LogP contribution < -0.4 is 0 Å². The summed E-state index contributed by atoms with van der Waals surface area (Å²) >= 11 is 0. The maximum absolute atomic E-state index is 10.5. The summed E-state index contributed by atoms with van der Waals surface area (Å²) in [6.07, 6.45) is 16.7. The predicted octanol–water partition coefficient (Wildman–Crippen LogP) is 4.34. The number of unbranched alkanes of at least 4 members (excludes halogenated alkanes) is 3. The van der Waals surface area contributed by atoms with Gasteiger partial charge in [0.05, 0.1) is 18.8 Å². The van der Waals surface area contributed by atoms with Gasteiger partial charge in [-0.3, -0.25) is 4.79 Å². The summed E-state index contributed by atoms with van der Waals surface area (Å²) in [5.41, 5.74) is 0. The van der Waals surface area contributed by atoms with Crippen molar-refractivity contribution < 1.29 is 19.7 Å². The molecule has 5 atom stereocenters. The molecule has 2 bridgehead atoms. The van der Waals surface area contributed by atoms with Crippen LogP contribution in [0, 0.1) is 17.8 Å². The van der Waals surface area contributed by atoms with Crippen LogP contribution in [0.5, 0.6) is 0 Å². The molecule has 0 aromatic carbocycles. The number of ether oxygens (including phenoxy) is 1. The average molecular weight is 350 g/mol. The van der Waals surface area contributed by atoms with Gasteiger partial charge in [-0.15, -0.1) is 0 Å². The van der Waals surface area contributed by atoms with Crippen LogP contribution in [-0.2, 0) is 9.53 Å². The quantitative estimate of drug-likeness (QED) is 0.406. The van der Waals surface area contributed by atoms with E-state index < -0.39 is 5.97 Å². The third-order valence-electron chi connectivity index (χ3n) is 5.58. The second-order valence-corrected chi connectivity index (χ2v) is 7.55. The highest BCUT2D eigenvalue weighted by molar-refractivity contribution is 5.66. The molecule has 0 aromatic heterocycles. The maximum Gasteiger partial charge on any atom is 0.303 e. The Morgan fingerprint density at radius 1 is 1.28 bits per heavy atom. The lowest BCUT2D eigenvalue weighted by atomic mass is 9.84. The Bertz CT molecular complexity index is 457. The molecule has 2 rings (SSSR count). The molecule has 2 fully saturated rings. The maximum atomic E-state index is 10.5. The zero-order valence-electron chi connectivity index (χ0n) is 15.5. The molecule has 4 heteroatoms. The minimum Gasteiger partial charge on any atom is -0.481 e. The molecule has 1 aliphatic heterocycles. The van der Waals surface area contributed by atoms with Crippen molar-refractivity contribution in [3.8, 4) is 0 Å². The van der Waals surface area contributed by atoms with Crippen LogP contribution in [0.15, 0.2) is 24.3 Å². The molecule has 0 radical (unpaired) electrons. The Morgan fingerprint density at radius 3 is 2.88 bits per heavy atom. The molecule has 142 valence electrons. The molecular formula is C21H34O4. The molecule has 4 unspecified atom stereocenters. The number of allylic oxidation sites excluding steroid dienone is 2. The Balaban J connectivity index is 1.78. The minimum atomic E-state index is -0.721. The van der Waals surface area contributed by atoms with E-state index in [9.17, 15) is 9.90 Å². The highest BCUT2D eigenvalue weighted by Crippen LogP contribution is 2.47. The van der Waals surface area contributed by atoms with Gasteiger partial charge in [-0.05, 0) is 43.9 Å². The third kappa shape index (κ3) is 6.59. The van der Waals surface area contributed by atoms with Crippen molar-refractivity contribution in [3.05, 3.63) is 24.3 Å². The first-order valence-electron chi connectivity index (χ1n) is 9.96. The highest BCUT2D eigenvalue weighted by atomic mass is 16.5. The van der Waals surface area contributed by atoms with Crippen LogP contribution in [-0.4, -0.2) is 35.0 Å². The predicted molar refractivity (Wildman–Crippen MR) is 99.4 cm³/mol. The highest BCUT2D eigenvalue weighted by Gasteiger charge is 2.46. The van der Waals surface area contributed by atoms with Crippen molar-refractivity contribution in [1.82, 2.24) is 0 Å². The number of hydrogen-bond acceptors (Lipinski definition) is 3. The Kier molecular flexibility index (Phi) is 8.70. The average Bonchev–Trinajstić information content (AvgIpc) is 3.17. The molecule has 25 heavy (non-hydrogen) atoms. The van der Waals surface area contributed by atoms with E-state index >= 15 is 0 Å². The Hall–Kier alpha value is -1.13. The summed E-state index contributed by atoms with van der Waals surface area (Å²) < 4.78 is 5.87. The first-order chi connectivity index (χ1) is 12.1. The second-order valence-electron chi connectivity index (χ2n) is 7.55. The van der Waals surface area contributed by atoms with Gasteiger partial charge in [-0.2, -0.15) is 0 Å². The van der Waals surface area contributed by atoms with E-state index in [4.69, 9.17) is 9.84 Å². The van der Waals surface area contributed by atoms with E-state index in [-0.39, 0.29) is 12.5 Å². The first kappa shape index (κ1) is 20.2. The zero-order chi connectivity index (χ0) is 18.1. The summed E-state index contributed by atoms with van der Waals surface area (Å²) in [6.45, 7) is 3.04. The van der Waals surface area contributed by atoms with Gasteiger partial charge in [0.2, 0.25) is 0 Å². The number of aliphatic carboxylic acids is 1. The largest absolute Gasteiger partial charge is 0.481 e. The summed E-state index contributed by atoms with van der Waals surface area (Å²) in [6, 6.07) is 0. The molecule has 1 saturated heterocycles. The molecule has 1 aliphatic carbocycles. The molecule has 0 aromatic rings. The lowest BCUT2D eigenvalue weighted by Crippen LogP contribution is -2.27. The number of rotatable bonds is 12. The standard InChI is InChI=1S/C21H34O4/c1-2-3-6-9-17(22)12-13-19-18(16-14-20(19)25-15-16)10-7-4-5-8-11-21(23)24/h4,7,12-13,16-20,22H,2-3,5-6,8-11,14-15H2,1H3,(H,23,24)/b7-4-,13-12+/t16?,17-,18?,19?,20?/m0/s1. The van der Waals surface area contributed by atoms with Gasteiger partial charge in [0.15, 0.2) is 0 Å². The molecule has 2 aliphatic rings. The van der Waals surface area contributed by atoms with Gasteiger partial charge in [0, 0.05) is 12.3 Å². The second kappa shape index (κ2) is 10.8. The van der Waals surface area contributed by atoms with Crippen LogP contribution in [0.3, 0.4) is 0 Å². The fraction of sp³-hybridized carbons (Fsp3) is 0.762. The molecule has 1 heterocycles. The van der Waals surface area contributed by atoms with Crippen LogP contribution in [0.2, 0.25) is 0 Å². The summed E-state index contributed by atoms with van der Waals surface area (Å²) in [7, 11) is 0. The minimum absolute atomic E-state index is 0.244. The molecule has 2 N–H and O–H groups in total. The zero-order valence-corrected chi connectivity index (χ0v) is 15.5. The van der Waals surface area contributed by atoms with E-state index in [1.165, 1.54) is 12.8 Å². The normalized spacial score (nSPS) is 29.8. The van der Waals surface area contributed by atoms with Crippen molar-refractivity contribution in [2.45, 2.75) is 76.9 Å². The van der Waals surface area contributed by atoms with Crippen LogP contribution in [0.4, 0.5) is 0 Å². The van der Waals surface area contributed by atoms with Crippen LogP contribution >= 0.6 is 0 Å². The number of aliphatic hydroxyl groups excluding tert-OH is 1. The van der Waals surface area contributed by atoms with Gasteiger partial charge < -0.3 is 14.9 Å². The van der Waals surface area contributed by atoms with Crippen molar-refractivity contribution in [2.75, 3.05) is 6.61 Å². The molecule has 0 amide bonds. The lowest BCUT2D eigenvalue weighted by molar-refractivity contribution is -0.137. The Morgan fingerprint density at radius 2 is 2.12 bits per heavy atom. The fourth-order valence-electron chi connectivity index (χ4n) is 4.15. The van der Waals surface area contributed by atoms with Gasteiger partial charge in [-0.25, -0.2) is 0 Å². The number of fused-ring (bicyclic) bond motifs is 2. The van der Waals surface area contributed by atoms with Gasteiger partial charge >= 0.3 is 5.97 Å². The van der Waals surface area contributed by atoms with E-state index in [0.29, 0.717) is 30.3 Å². The smallest absolute Gasteiger partial charge is 0.303 e. The summed E-state index contributed by atoms with van der Waals surface area (Å²) in [5.74, 6) is 0.902. The van der Waals surface area contributed by atoms with Crippen LogP contribution in [0.25, 0.3) is 0 Å².